The second kappa shape index (κ2) is 4.94. The first-order chi connectivity index (χ1) is 8.49. The van der Waals surface area contributed by atoms with Crippen molar-refractivity contribution in [3.63, 3.8) is 0 Å². The number of carboxylic acids is 1. The fourth-order valence-electron chi connectivity index (χ4n) is 2.51. The van der Waals surface area contributed by atoms with E-state index in [1.807, 2.05) is 18.7 Å². The maximum atomic E-state index is 11.4. The predicted octanol–water partition coefficient (Wildman–Crippen LogP) is 1.32. The summed E-state index contributed by atoms with van der Waals surface area (Å²) >= 11 is 0. The highest BCUT2D eigenvalue weighted by Crippen LogP contribution is 2.25. The number of hydrogen-bond donors (Lipinski definition) is 2. The molecule has 1 aliphatic rings. The van der Waals surface area contributed by atoms with Gasteiger partial charge < -0.3 is 15.7 Å². The Kier molecular flexibility index (Phi) is 3.52. The molecule has 0 amide bonds. The normalized spacial score (nSPS) is 19.9. The van der Waals surface area contributed by atoms with E-state index in [1.165, 1.54) is 0 Å². The van der Waals surface area contributed by atoms with Crippen LogP contribution in [0.4, 0.5) is 5.82 Å². The molecule has 1 aliphatic heterocycles. The van der Waals surface area contributed by atoms with E-state index in [-0.39, 0.29) is 6.04 Å². The number of anilines is 1. The number of carbonyl (C=O) groups is 1. The molecule has 0 saturated carbocycles. The lowest BCUT2D eigenvalue weighted by Gasteiger charge is -2.33. The monoisotopic (exact) mass is 249 g/mol. The topological polar surface area (TPSA) is 79.5 Å². The number of hydrogen-bond acceptors (Lipinski definition) is 4. The van der Waals surface area contributed by atoms with Gasteiger partial charge >= 0.3 is 5.97 Å². The van der Waals surface area contributed by atoms with E-state index in [0.717, 1.165) is 30.6 Å². The molecule has 1 aromatic heterocycles. The van der Waals surface area contributed by atoms with Crippen molar-refractivity contribution in [1.29, 1.82) is 0 Å². The minimum Gasteiger partial charge on any atom is -0.478 e. The SMILES string of the molecule is Cc1cc(C)c(C(=O)O)c(N2CCCC(N)C2)n1. The van der Waals surface area contributed by atoms with Crippen molar-refractivity contribution in [1.82, 2.24) is 4.98 Å². The van der Waals surface area contributed by atoms with Gasteiger partial charge in [0.15, 0.2) is 0 Å². The average Bonchev–Trinajstić information content (AvgIpc) is 2.27. The Bertz CT molecular complexity index is 474. The van der Waals surface area contributed by atoms with E-state index < -0.39 is 5.97 Å². The molecule has 0 aromatic carbocycles. The van der Waals surface area contributed by atoms with E-state index in [2.05, 4.69) is 4.98 Å². The molecule has 1 atom stereocenters. The Morgan fingerprint density at radius 2 is 2.28 bits per heavy atom. The van der Waals surface area contributed by atoms with Gasteiger partial charge in [0.25, 0.3) is 0 Å². The first-order valence-electron chi connectivity index (χ1n) is 6.21. The third-order valence-corrected chi connectivity index (χ3v) is 3.30. The second-order valence-corrected chi connectivity index (χ2v) is 4.93. The van der Waals surface area contributed by atoms with Crippen LogP contribution in [0.1, 0.15) is 34.5 Å². The summed E-state index contributed by atoms with van der Waals surface area (Å²) in [6, 6.07) is 1.90. The Balaban J connectivity index is 2.44. The number of rotatable bonds is 2. The number of pyridine rings is 1. The van der Waals surface area contributed by atoms with Crippen LogP contribution in [-0.2, 0) is 0 Å². The molecule has 1 unspecified atom stereocenters. The lowest BCUT2D eigenvalue weighted by molar-refractivity contribution is 0.0696. The molecule has 0 spiro atoms. The van der Waals surface area contributed by atoms with Crippen LogP contribution < -0.4 is 10.6 Å². The van der Waals surface area contributed by atoms with Crippen LogP contribution in [0.2, 0.25) is 0 Å². The molecule has 3 N–H and O–H groups in total. The number of aromatic carboxylic acids is 1. The molecular weight excluding hydrogens is 230 g/mol. The highest BCUT2D eigenvalue weighted by atomic mass is 16.4. The molecule has 0 bridgehead atoms. The molecular formula is C13H19N3O2. The number of carboxylic acid groups (broad SMARTS) is 1. The molecule has 5 nitrogen and oxygen atoms in total. The highest BCUT2D eigenvalue weighted by Gasteiger charge is 2.24. The van der Waals surface area contributed by atoms with Crippen molar-refractivity contribution in [2.75, 3.05) is 18.0 Å². The lowest BCUT2D eigenvalue weighted by atomic mass is 10.0. The number of nitrogens with two attached hydrogens (primary N) is 1. The van der Waals surface area contributed by atoms with Crippen LogP contribution in [0.3, 0.4) is 0 Å². The van der Waals surface area contributed by atoms with Crippen molar-refractivity contribution in [2.45, 2.75) is 32.7 Å². The second-order valence-electron chi connectivity index (χ2n) is 4.93. The molecule has 2 heterocycles. The van der Waals surface area contributed by atoms with Gasteiger partial charge in [-0.15, -0.1) is 0 Å². The highest BCUT2D eigenvalue weighted by molar-refractivity contribution is 5.95. The summed E-state index contributed by atoms with van der Waals surface area (Å²) in [5.41, 5.74) is 7.84. The average molecular weight is 249 g/mol. The Hall–Kier alpha value is -1.62. The smallest absolute Gasteiger partial charge is 0.339 e. The van der Waals surface area contributed by atoms with Gasteiger partial charge in [0.2, 0.25) is 0 Å². The number of aryl methyl sites for hydroxylation is 2. The van der Waals surface area contributed by atoms with Gasteiger partial charge in [0, 0.05) is 24.8 Å². The van der Waals surface area contributed by atoms with E-state index in [1.54, 1.807) is 6.07 Å². The van der Waals surface area contributed by atoms with Gasteiger partial charge in [-0.05, 0) is 38.3 Å². The lowest BCUT2D eigenvalue weighted by Crippen LogP contribution is -2.44. The van der Waals surface area contributed by atoms with E-state index in [4.69, 9.17) is 5.73 Å². The van der Waals surface area contributed by atoms with Gasteiger partial charge in [0.1, 0.15) is 11.4 Å². The van der Waals surface area contributed by atoms with Gasteiger partial charge in [0.05, 0.1) is 0 Å². The van der Waals surface area contributed by atoms with Gasteiger partial charge in [-0.3, -0.25) is 0 Å². The molecule has 98 valence electrons. The van der Waals surface area contributed by atoms with E-state index in [9.17, 15) is 9.90 Å². The summed E-state index contributed by atoms with van der Waals surface area (Å²) in [4.78, 5) is 17.8. The zero-order chi connectivity index (χ0) is 13.3. The third-order valence-electron chi connectivity index (χ3n) is 3.30. The van der Waals surface area contributed by atoms with Crippen LogP contribution in [0, 0.1) is 13.8 Å². The predicted molar refractivity (Wildman–Crippen MR) is 70.1 cm³/mol. The third kappa shape index (κ3) is 2.46. The summed E-state index contributed by atoms with van der Waals surface area (Å²) in [6.45, 7) is 5.19. The Morgan fingerprint density at radius 1 is 1.56 bits per heavy atom. The molecule has 1 aromatic rings. The molecule has 1 fully saturated rings. The molecule has 2 rings (SSSR count). The van der Waals surface area contributed by atoms with Crippen LogP contribution in [0.25, 0.3) is 0 Å². The standard InChI is InChI=1S/C13H19N3O2/c1-8-6-9(2)15-12(11(8)13(17)18)16-5-3-4-10(14)7-16/h6,10H,3-5,7,14H2,1-2H3,(H,17,18). The first kappa shape index (κ1) is 12.8. The summed E-state index contributed by atoms with van der Waals surface area (Å²) < 4.78 is 0. The molecule has 18 heavy (non-hydrogen) atoms. The summed E-state index contributed by atoms with van der Waals surface area (Å²) in [5, 5.41) is 9.34. The van der Waals surface area contributed by atoms with Crippen LogP contribution in [0.15, 0.2) is 6.07 Å². The zero-order valence-electron chi connectivity index (χ0n) is 10.8. The molecule has 0 aliphatic carbocycles. The van der Waals surface area contributed by atoms with Crippen molar-refractivity contribution in [3.05, 3.63) is 22.9 Å². The minimum absolute atomic E-state index is 0.100. The minimum atomic E-state index is -0.922. The summed E-state index contributed by atoms with van der Waals surface area (Å²) in [5.74, 6) is -0.357. The van der Waals surface area contributed by atoms with Gasteiger partial charge in [-0.1, -0.05) is 0 Å². The number of aromatic nitrogens is 1. The summed E-state index contributed by atoms with van der Waals surface area (Å²) in [6.07, 6.45) is 1.97. The van der Waals surface area contributed by atoms with Crippen LogP contribution in [-0.4, -0.2) is 35.2 Å². The van der Waals surface area contributed by atoms with E-state index >= 15 is 0 Å². The fourth-order valence-corrected chi connectivity index (χ4v) is 2.51. The van der Waals surface area contributed by atoms with E-state index in [0.29, 0.717) is 17.9 Å². The molecule has 0 radical (unpaired) electrons. The zero-order valence-corrected chi connectivity index (χ0v) is 10.8. The summed E-state index contributed by atoms with van der Waals surface area (Å²) in [7, 11) is 0. The molecule has 1 saturated heterocycles. The first-order valence-corrected chi connectivity index (χ1v) is 6.21. The van der Waals surface area contributed by atoms with Crippen molar-refractivity contribution >= 4 is 11.8 Å². The maximum absolute atomic E-state index is 11.4. The van der Waals surface area contributed by atoms with Crippen LogP contribution in [0.5, 0.6) is 0 Å². The number of piperidine rings is 1. The maximum Gasteiger partial charge on any atom is 0.339 e. The van der Waals surface area contributed by atoms with Crippen molar-refractivity contribution < 1.29 is 9.90 Å². The number of nitrogens with zero attached hydrogens (tertiary/aromatic N) is 2. The fraction of sp³-hybridized carbons (Fsp3) is 0.538. The Labute approximate surface area is 107 Å². The van der Waals surface area contributed by atoms with Gasteiger partial charge in [-0.2, -0.15) is 0 Å². The molecule has 5 heteroatoms. The Morgan fingerprint density at radius 3 is 2.89 bits per heavy atom. The quantitative estimate of drug-likeness (QED) is 0.826. The van der Waals surface area contributed by atoms with Crippen molar-refractivity contribution in [2.24, 2.45) is 5.73 Å². The van der Waals surface area contributed by atoms with Gasteiger partial charge in [-0.25, -0.2) is 9.78 Å². The van der Waals surface area contributed by atoms with Crippen molar-refractivity contribution in [3.8, 4) is 0 Å². The van der Waals surface area contributed by atoms with Crippen LogP contribution >= 0.6 is 0 Å². The largest absolute Gasteiger partial charge is 0.478 e.